The Labute approximate surface area is 148 Å². The summed E-state index contributed by atoms with van der Waals surface area (Å²) in [6, 6.07) is 7.26. The fourth-order valence-corrected chi connectivity index (χ4v) is 3.31. The maximum absolute atomic E-state index is 12.2. The molecule has 2 aliphatic rings. The average Bonchev–Trinajstić information content (AvgIpc) is 3.26. The van der Waals surface area contributed by atoms with Crippen LogP contribution in [-0.4, -0.2) is 31.1 Å². The third-order valence-electron chi connectivity index (χ3n) is 4.67. The van der Waals surface area contributed by atoms with E-state index in [-0.39, 0.29) is 36.2 Å². The van der Waals surface area contributed by atoms with Gasteiger partial charge in [0.25, 0.3) is 0 Å². The van der Waals surface area contributed by atoms with Gasteiger partial charge in [-0.25, -0.2) is 4.79 Å². The molecule has 1 amide bonds. The molecule has 1 aromatic carbocycles. The van der Waals surface area contributed by atoms with Crippen LogP contribution in [0.3, 0.4) is 0 Å². The lowest BCUT2D eigenvalue weighted by atomic mass is 10.1. The normalized spacial score (nSPS) is 20.4. The Morgan fingerprint density at radius 3 is 2.67 bits per heavy atom. The van der Waals surface area contributed by atoms with Crippen LogP contribution < -0.4 is 10.6 Å². The third kappa shape index (κ3) is 4.95. The van der Waals surface area contributed by atoms with E-state index >= 15 is 0 Å². The highest BCUT2D eigenvalue weighted by Gasteiger charge is 2.23. The standard InChI is InChI=1S/C18H24N2O3.ClH/c21-17(13-5-1-2-6-13)20-15-8-3-7-14(11-15)18(22)23-12-16-9-4-10-19-16;/h3,7-8,11,13,16,19H,1-2,4-6,9-10,12H2,(H,20,21);1H. The molecule has 0 spiro atoms. The van der Waals surface area contributed by atoms with E-state index in [1.54, 1.807) is 18.2 Å². The molecule has 3 rings (SSSR count). The van der Waals surface area contributed by atoms with Crippen molar-refractivity contribution >= 4 is 30.0 Å². The number of anilines is 1. The van der Waals surface area contributed by atoms with Gasteiger partial charge in [0.15, 0.2) is 0 Å². The van der Waals surface area contributed by atoms with Crippen molar-refractivity contribution in [1.29, 1.82) is 0 Å². The molecule has 1 atom stereocenters. The second kappa shape index (κ2) is 9.04. The molecule has 2 N–H and O–H groups in total. The van der Waals surface area contributed by atoms with Crippen molar-refractivity contribution in [2.24, 2.45) is 5.92 Å². The average molecular weight is 353 g/mol. The highest BCUT2D eigenvalue weighted by molar-refractivity contribution is 5.95. The SMILES string of the molecule is Cl.O=C(OCC1CCCN1)c1cccc(NC(=O)C2CCCC2)c1. The van der Waals surface area contributed by atoms with E-state index < -0.39 is 0 Å². The van der Waals surface area contributed by atoms with Crippen molar-refractivity contribution in [3.63, 3.8) is 0 Å². The maximum atomic E-state index is 12.2. The summed E-state index contributed by atoms with van der Waals surface area (Å²) in [4.78, 5) is 24.3. The molecule has 0 bridgehead atoms. The van der Waals surface area contributed by atoms with Crippen LogP contribution in [0.5, 0.6) is 0 Å². The van der Waals surface area contributed by atoms with Crippen LogP contribution in [0.2, 0.25) is 0 Å². The second-order valence-electron chi connectivity index (χ2n) is 6.44. The summed E-state index contributed by atoms with van der Waals surface area (Å²) in [5.41, 5.74) is 1.14. The van der Waals surface area contributed by atoms with Crippen molar-refractivity contribution in [1.82, 2.24) is 5.32 Å². The van der Waals surface area contributed by atoms with Crippen LogP contribution >= 0.6 is 12.4 Å². The van der Waals surface area contributed by atoms with Gasteiger partial charge in [0.1, 0.15) is 6.61 Å². The van der Waals surface area contributed by atoms with Gasteiger partial charge in [-0.05, 0) is 50.4 Å². The molecule has 1 unspecified atom stereocenters. The van der Waals surface area contributed by atoms with Crippen LogP contribution in [0.4, 0.5) is 5.69 Å². The molecule has 1 saturated carbocycles. The number of ether oxygens (including phenoxy) is 1. The van der Waals surface area contributed by atoms with Gasteiger partial charge >= 0.3 is 5.97 Å². The highest BCUT2D eigenvalue weighted by atomic mass is 35.5. The maximum Gasteiger partial charge on any atom is 0.338 e. The van der Waals surface area contributed by atoms with E-state index in [4.69, 9.17) is 4.74 Å². The Hall–Kier alpha value is -1.59. The quantitative estimate of drug-likeness (QED) is 0.799. The van der Waals surface area contributed by atoms with Crippen LogP contribution in [0.1, 0.15) is 48.9 Å². The smallest absolute Gasteiger partial charge is 0.338 e. The first-order chi connectivity index (χ1) is 11.2. The summed E-state index contributed by atoms with van der Waals surface area (Å²) in [5.74, 6) is -0.169. The van der Waals surface area contributed by atoms with Crippen LogP contribution in [0, 0.1) is 5.92 Å². The number of benzene rings is 1. The molecule has 6 heteroatoms. The number of carbonyl (C=O) groups is 2. The lowest BCUT2D eigenvalue weighted by Crippen LogP contribution is -2.28. The third-order valence-corrected chi connectivity index (χ3v) is 4.67. The van der Waals surface area contributed by atoms with E-state index in [1.165, 1.54) is 0 Å². The molecule has 2 fully saturated rings. The molecule has 24 heavy (non-hydrogen) atoms. The molecule has 1 aliphatic heterocycles. The summed E-state index contributed by atoms with van der Waals surface area (Å²) in [6.45, 7) is 1.39. The van der Waals surface area contributed by atoms with Gasteiger partial charge in [-0.3, -0.25) is 4.79 Å². The zero-order valence-electron chi connectivity index (χ0n) is 13.8. The number of nitrogens with one attached hydrogen (secondary N) is 2. The van der Waals surface area contributed by atoms with E-state index in [2.05, 4.69) is 10.6 Å². The highest BCUT2D eigenvalue weighted by Crippen LogP contribution is 2.26. The number of hydrogen-bond acceptors (Lipinski definition) is 4. The number of amides is 1. The summed E-state index contributed by atoms with van der Waals surface area (Å²) in [5, 5.41) is 6.22. The van der Waals surface area contributed by atoms with Crippen LogP contribution in [0.15, 0.2) is 24.3 Å². The van der Waals surface area contributed by atoms with Crippen molar-refractivity contribution in [3.8, 4) is 0 Å². The lowest BCUT2D eigenvalue weighted by Gasteiger charge is -2.13. The first-order valence-electron chi connectivity index (χ1n) is 8.54. The number of halogens is 1. The molecule has 1 aromatic rings. The van der Waals surface area contributed by atoms with Crippen molar-refractivity contribution < 1.29 is 14.3 Å². The van der Waals surface area contributed by atoms with Gasteiger partial charge in [-0.15, -0.1) is 12.4 Å². The van der Waals surface area contributed by atoms with Gasteiger partial charge in [-0.2, -0.15) is 0 Å². The van der Waals surface area contributed by atoms with E-state index in [0.29, 0.717) is 17.9 Å². The summed E-state index contributed by atoms with van der Waals surface area (Å²) in [7, 11) is 0. The number of carbonyl (C=O) groups excluding carboxylic acids is 2. The summed E-state index contributed by atoms with van der Waals surface area (Å²) >= 11 is 0. The minimum Gasteiger partial charge on any atom is -0.460 e. The molecule has 1 heterocycles. The molecule has 1 aliphatic carbocycles. The molecule has 1 saturated heterocycles. The minimum absolute atomic E-state index is 0. The molecular formula is C18H25ClN2O3. The monoisotopic (exact) mass is 352 g/mol. The Morgan fingerprint density at radius 1 is 1.17 bits per heavy atom. The fourth-order valence-electron chi connectivity index (χ4n) is 3.31. The first kappa shape index (κ1) is 18.7. The topological polar surface area (TPSA) is 67.4 Å². The summed E-state index contributed by atoms with van der Waals surface area (Å²) in [6.07, 6.45) is 6.35. The second-order valence-corrected chi connectivity index (χ2v) is 6.44. The predicted octanol–water partition coefficient (Wildman–Crippen LogP) is 3.15. The van der Waals surface area contributed by atoms with E-state index in [9.17, 15) is 9.59 Å². The van der Waals surface area contributed by atoms with Crippen LogP contribution in [-0.2, 0) is 9.53 Å². The zero-order valence-corrected chi connectivity index (χ0v) is 14.6. The van der Waals surface area contributed by atoms with Gasteiger partial charge in [-0.1, -0.05) is 18.9 Å². The number of esters is 1. The van der Waals surface area contributed by atoms with Crippen molar-refractivity contribution in [2.45, 2.75) is 44.6 Å². The Bertz CT molecular complexity index is 567. The summed E-state index contributed by atoms with van der Waals surface area (Å²) < 4.78 is 5.36. The predicted molar refractivity (Wildman–Crippen MR) is 95.6 cm³/mol. The Morgan fingerprint density at radius 2 is 1.96 bits per heavy atom. The van der Waals surface area contributed by atoms with E-state index in [1.807, 2.05) is 6.07 Å². The number of hydrogen-bond donors (Lipinski definition) is 2. The van der Waals surface area contributed by atoms with Gasteiger partial charge in [0, 0.05) is 17.6 Å². The van der Waals surface area contributed by atoms with Crippen molar-refractivity contribution in [3.05, 3.63) is 29.8 Å². The molecule has 132 valence electrons. The largest absolute Gasteiger partial charge is 0.460 e. The Kier molecular flexibility index (Phi) is 7.06. The van der Waals surface area contributed by atoms with Gasteiger partial charge in [0.2, 0.25) is 5.91 Å². The molecule has 5 nitrogen and oxygen atoms in total. The van der Waals surface area contributed by atoms with Crippen molar-refractivity contribution in [2.75, 3.05) is 18.5 Å². The molecule has 0 aromatic heterocycles. The lowest BCUT2D eigenvalue weighted by molar-refractivity contribution is -0.119. The van der Waals surface area contributed by atoms with Crippen LogP contribution in [0.25, 0.3) is 0 Å². The van der Waals surface area contributed by atoms with E-state index in [0.717, 1.165) is 45.1 Å². The van der Waals surface area contributed by atoms with Gasteiger partial charge < -0.3 is 15.4 Å². The minimum atomic E-state index is -0.337. The van der Waals surface area contributed by atoms with Gasteiger partial charge in [0.05, 0.1) is 5.56 Å². The Balaban J connectivity index is 0.00000208. The molecular weight excluding hydrogens is 328 g/mol. The number of rotatable bonds is 5. The fraction of sp³-hybridized carbons (Fsp3) is 0.556. The molecule has 0 radical (unpaired) electrons. The zero-order chi connectivity index (χ0) is 16.1. The first-order valence-corrected chi connectivity index (χ1v) is 8.54.